The molecule has 3 rings (SSSR count). The molecule has 3 heterocycles. The number of carbonyl (C=O) groups excluding carboxylic acids is 1. The highest BCUT2D eigenvalue weighted by atomic mass is 16.6. The number of hydrogen-bond acceptors (Lipinski definition) is 5. The summed E-state index contributed by atoms with van der Waals surface area (Å²) in [7, 11) is 1.99. The van der Waals surface area contributed by atoms with Gasteiger partial charge in [-0.25, -0.2) is 9.78 Å². The second-order valence-electron chi connectivity index (χ2n) is 6.77. The van der Waals surface area contributed by atoms with Crippen LogP contribution in [0.5, 0.6) is 0 Å². The summed E-state index contributed by atoms with van der Waals surface area (Å²) < 4.78 is 5.34. The Morgan fingerprint density at radius 1 is 1.50 bits per heavy atom. The fourth-order valence-corrected chi connectivity index (χ4v) is 3.14. The average molecular weight is 331 g/mol. The van der Waals surface area contributed by atoms with E-state index in [4.69, 9.17) is 4.74 Å². The van der Waals surface area contributed by atoms with Crippen LogP contribution in [0.15, 0.2) is 18.5 Å². The maximum Gasteiger partial charge on any atom is 0.410 e. The first kappa shape index (κ1) is 16.5. The number of nitrogens with one attached hydrogen (secondary N) is 1. The zero-order chi connectivity index (χ0) is 17.3. The van der Waals surface area contributed by atoms with Crippen LogP contribution < -0.4 is 4.90 Å². The number of carbonyl (C=O) groups is 1. The van der Waals surface area contributed by atoms with Gasteiger partial charge in [-0.3, -0.25) is 0 Å². The number of aromatic nitrogens is 3. The predicted octanol–water partition coefficient (Wildman–Crippen LogP) is 2.65. The lowest BCUT2D eigenvalue weighted by Crippen LogP contribution is -2.53. The SMILES string of the molecule is CC(C)OC(=O)N1CCC(C)C(N(C)c2ncc3cc[nH]c3n2)C1. The zero-order valence-electron chi connectivity index (χ0n) is 14.7. The molecule has 1 aliphatic heterocycles. The quantitative estimate of drug-likeness (QED) is 0.936. The molecule has 2 aromatic heterocycles. The van der Waals surface area contributed by atoms with Gasteiger partial charge in [-0.1, -0.05) is 6.92 Å². The van der Waals surface area contributed by atoms with Crippen molar-refractivity contribution in [1.82, 2.24) is 19.9 Å². The Kier molecular flexibility index (Phi) is 4.59. The maximum atomic E-state index is 12.2. The monoisotopic (exact) mass is 331 g/mol. The molecule has 1 N–H and O–H groups in total. The number of piperidine rings is 1. The van der Waals surface area contributed by atoms with Crippen molar-refractivity contribution in [1.29, 1.82) is 0 Å². The molecule has 1 saturated heterocycles. The van der Waals surface area contributed by atoms with Crippen LogP contribution in [-0.2, 0) is 4.74 Å². The number of aromatic amines is 1. The first-order valence-corrected chi connectivity index (χ1v) is 8.44. The van der Waals surface area contributed by atoms with Gasteiger partial charge < -0.3 is 19.5 Å². The van der Waals surface area contributed by atoms with E-state index in [-0.39, 0.29) is 18.2 Å². The van der Waals surface area contributed by atoms with E-state index in [1.54, 1.807) is 4.90 Å². The lowest BCUT2D eigenvalue weighted by molar-refractivity contribution is 0.0620. The summed E-state index contributed by atoms with van der Waals surface area (Å²) in [6.07, 6.45) is 4.27. The van der Waals surface area contributed by atoms with E-state index >= 15 is 0 Å². The molecule has 7 heteroatoms. The van der Waals surface area contributed by atoms with E-state index in [0.717, 1.165) is 24.0 Å². The topological polar surface area (TPSA) is 74.3 Å². The van der Waals surface area contributed by atoms with Crippen LogP contribution in [0.4, 0.5) is 10.7 Å². The molecular formula is C17H25N5O2. The van der Waals surface area contributed by atoms with Crippen molar-refractivity contribution in [2.75, 3.05) is 25.0 Å². The molecule has 1 aliphatic rings. The maximum absolute atomic E-state index is 12.2. The smallest absolute Gasteiger partial charge is 0.410 e. The Labute approximate surface area is 142 Å². The van der Waals surface area contributed by atoms with Gasteiger partial charge in [0.15, 0.2) is 0 Å². The van der Waals surface area contributed by atoms with Crippen molar-refractivity contribution in [3.05, 3.63) is 18.5 Å². The number of rotatable bonds is 3. The molecule has 2 unspecified atom stereocenters. The molecular weight excluding hydrogens is 306 g/mol. The molecule has 7 nitrogen and oxygen atoms in total. The third-order valence-electron chi connectivity index (χ3n) is 4.61. The minimum Gasteiger partial charge on any atom is -0.447 e. The number of ether oxygens (including phenoxy) is 1. The molecule has 0 aliphatic carbocycles. The fraction of sp³-hybridized carbons (Fsp3) is 0.588. The average Bonchev–Trinajstić information content (AvgIpc) is 3.01. The molecule has 0 bridgehead atoms. The van der Waals surface area contributed by atoms with Crippen LogP contribution in [-0.4, -0.2) is 58.2 Å². The Balaban J connectivity index is 1.76. The highest BCUT2D eigenvalue weighted by Gasteiger charge is 2.33. The van der Waals surface area contributed by atoms with Crippen molar-refractivity contribution in [2.45, 2.75) is 39.3 Å². The molecule has 0 radical (unpaired) electrons. The van der Waals surface area contributed by atoms with Gasteiger partial charge in [0.05, 0.1) is 12.1 Å². The van der Waals surface area contributed by atoms with Gasteiger partial charge in [-0.05, 0) is 32.3 Å². The summed E-state index contributed by atoms with van der Waals surface area (Å²) in [5.41, 5.74) is 0.825. The number of H-pyrrole nitrogens is 1. The zero-order valence-corrected chi connectivity index (χ0v) is 14.7. The number of hydrogen-bond donors (Lipinski definition) is 1. The van der Waals surface area contributed by atoms with Gasteiger partial charge in [0.25, 0.3) is 0 Å². The standard InChI is InChI=1S/C17H25N5O2/c1-11(2)24-17(23)22-8-6-12(3)14(10-22)21(4)16-19-9-13-5-7-18-15(13)20-16/h5,7,9,11-12,14H,6,8,10H2,1-4H3,(H,18,19,20). The molecule has 2 atom stereocenters. The summed E-state index contributed by atoms with van der Waals surface area (Å²) in [6, 6.07) is 2.11. The molecule has 0 spiro atoms. The second kappa shape index (κ2) is 6.67. The van der Waals surface area contributed by atoms with Crippen LogP contribution in [0.25, 0.3) is 11.0 Å². The van der Waals surface area contributed by atoms with E-state index < -0.39 is 0 Å². The fourth-order valence-electron chi connectivity index (χ4n) is 3.14. The van der Waals surface area contributed by atoms with Crippen LogP contribution in [0, 0.1) is 5.92 Å². The lowest BCUT2D eigenvalue weighted by Gasteiger charge is -2.41. The van der Waals surface area contributed by atoms with E-state index in [0.29, 0.717) is 18.4 Å². The summed E-state index contributed by atoms with van der Waals surface area (Å²) in [5.74, 6) is 1.11. The molecule has 0 saturated carbocycles. The third-order valence-corrected chi connectivity index (χ3v) is 4.61. The number of fused-ring (bicyclic) bond motifs is 1. The van der Waals surface area contributed by atoms with E-state index in [2.05, 4.69) is 26.8 Å². The summed E-state index contributed by atoms with van der Waals surface area (Å²) >= 11 is 0. The van der Waals surface area contributed by atoms with Crippen LogP contribution in [0.1, 0.15) is 27.2 Å². The van der Waals surface area contributed by atoms with Crippen molar-refractivity contribution in [2.24, 2.45) is 5.92 Å². The van der Waals surface area contributed by atoms with Gasteiger partial charge in [0, 0.05) is 37.9 Å². The van der Waals surface area contributed by atoms with Gasteiger partial charge in [0.2, 0.25) is 5.95 Å². The Morgan fingerprint density at radius 2 is 2.29 bits per heavy atom. The number of likely N-dealkylation sites (N-methyl/N-ethyl adjacent to an activating group) is 1. The Hall–Kier alpha value is -2.31. The first-order valence-electron chi connectivity index (χ1n) is 8.44. The molecule has 1 amide bonds. The lowest BCUT2D eigenvalue weighted by atomic mass is 9.93. The number of amides is 1. The predicted molar refractivity (Wildman–Crippen MR) is 93.1 cm³/mol. The molecule has 24 heavy (non-hydrogen) atoms. The van der Waals surface area contributed by atoms with E-state index in [1.807, 2.05) is 39.4 Å². The first-order chi connectivity index (χ1) is 11.5. The van der Waals surface area contributed by atoms with Crippen molar-refractivity contribution in [3.63, 3.8) is 0 Å². The largest absolute Gasteiger partial charge is 0.447 e. The van der Waals surface area contributed by atoms with Crippen molar-refractivity contribution in [3.8, 4) is 0 Å². The molecule has 0 aromatic carbocycles. The minimum absolute atomic E-state index is 0.105. The van der Waals surface area contributed by atoms with Gasteiger partial charge >= 0.3 is 6.09 Å². The highest BCUT2D eigenvalue weighted by Crippen LogP contribution is 2.25. The van der Waals surface area contributed by atoms with Crippen LogP contribution in [0.3, 0.4) is 0 Å². The van der Waals surface area contributed by atoms with Crippen LogP contribution in [0.2, 0.25) is 0 Å². The highest BCUT2D eigenvalue weighted by molar-refractivity contribution is 5.75. The Bertz CT molecular complexity index is 714. The normalized spacial score (nSPS) is 21.3. The molecule has 1 fully saturated rings. The number of likely N-dealkylation sites (tertiary alicyclic amines) is 1. The van der Waals surface area contributed by atoms with E-state index in [1.165, 1.54) is 0 Å². The van der Waals surface area contributed by atoms with Gasteiger partial charge in [0.1, 0.15) is 5.65 Å². The molecule has 2 aromatic rings. The molecule has 130 valence electrons. The van der Waals surface area contributed by atoms with Crippen LogP contribution >= 0.6 is 0 Å². The Morgan fingerprint density at radius 3 is 3.04 bits per heavy atom. The number of anilines is 1. The van der Waals surface area contributed by atoms with Gasteiger partial charge in [-0.15, -0.1) is 0 Å². The third kappa shape index (κ3) is 3.29. The summed E-state index contributed by atoms with van der Waals surface area (Å²) in [4.78, 5) is 28.2. The summed E-state index contributed by atoms with van der Waals surface area (Å²) in [6.45, 7) is 7.30. The van der Waals surface area contributed by atoms with Gasteiger partial charge in [-0.2, -0.15) is 4.98 Å². The second-order valence-corrected chi connectivity index (χ2v) is 6.77. The van der Waals surface area contributed by atoms with Crippen molar-refractivity contribution < 1.29 is 9.53 Å². The number of nitrogens with zero attached hydrogens (tertiary/aromatic N) is 4. The summed E-state index contributed by atoms with van der Waals surface area (Å²) in [5, 5.41) is 0.992. The minimum atomic E-state index is -0.240. The van der Waals surface area contributed by atoms with E-state index in [9.17, 15) is 4.79 Å². The van der Waals surface area contributed by atoms with Crippen molar-refractivity contribution >= 4 is 23.1 Å².